The van der Waals surface area contributed by atoms with Gasteiger partial charge < -0.3 is 10.0 Å². The SMILES string of the molecule is CC/C(=N\c1c(C)cnn1CNCCCN(C)Cc1csc2ccccc12)c1ccccc1O. The van der Waals surface area contributed by atoms with E-state index in [1.165, 1.54) is 15.6 Å². The minimum absolute atomic E-state index is 0.254. The standard InChI is InChI=1S/C27H33N5OS/c1-4-24(23-11-5-7-12-25(23)33)30-27-20(2)16-29-32(27)19-28-14-9-15-31(3)17-21-18-34-26-13-8-6-10-22(21)26/h5-8,10-13,16,18,28,33H,4,9,14-15,17,19H2,1-3H3/b30-24+. The molecule has 0 amide bonds. The van der Waals surface area contributed by atoms with Gasteiger partial charge >= 0.3 is 0 Å². The van der Waals surface area contributed by atoms with Crippen LogP contribution in [0.3, 0.4) is 0 Å². The molecule has 0 saturated carbocycles. The summed E-state index contributed by atoms with van der Waals surface area (Å²) in [6, 6.07) is 16.0. The highest BCUT2D eigenvalue weighted by Gasteiger charge is 2.12. The van der Waals surface area contributed by atoms with Crippen LogP contribution in [0, 0.1) is 6.92 Å². The van der Waals surface area contributed by atoms with Crippen LogP contribution in [0.25, 0.3) is 10.1 Å². The summed E-state index contributed by atoms with van der Waals surface area (Å²) < 4.78 is 3.25. The molecule has 178 valence electrons. The average Bonchev–Trinajstić information content (AvgIpc) is 3.41. The quantitative estimate of drug-likeness (QED) is 0.215. The molecule has 0 aliphatic carbocycles. The van der Waals surface area contributed by atoms with Crippen molar-refractivity contribution in [1.29, 1.82) is 0 Å². The number of rotatable bonds is 11. The topological polar surface area (TPSA) is 65.7 Å². The molecule has 2 aromatic heterocycles. The van der Waals surface area contributed by atoms with Gasteiger partial charge in [-0.3, -0.25) is 5.32 Å². The van der Waals surface area contributed by atoms with E-state index in [1.54, 1.807) is 6.07 Å². The molecule has 0 radical (unpaired) electrons. The molecule has 4 rings (SSSR count). The van der Waals surface area contributed by atoms with Crippen molar-refractivity contribution in [2.24, 2.45) is 4.99 Å². The molecule has 0 fully saturated rings. The van der Waals surface area contributed by atoms with Crippen LogP contribution in [0.4, 0.5) is 5.82 Å². The van der Waals surface area contributed by atoms with E-state index >= 15 is 0 Å². The van der Waals surface area contributed by atoms with Crippen molar-refractivity contribution in [3.8, 4) is 5.75 Å². The maximum absolute atomic E-state index is 10.2. The molecule has 7 heteroatoms. The summed E-state index contributed by atoms with van der Waals surface area (Å²) in [5.74, 6) is 1.08. The second-order valence-electron chi connectivity index (χ2n) is 8.59. The Kier molecular flexibility index (Phi) is 8.11. The lowest BCUT2D eigenvalue weighted by atomic mass is 10.1. The third-order valence-corrected chi connectivity index (χ3v) is 6.95. The number of aliphatic imine (C=N–C) groups is 1. The summed E-state index contributed by atoms with van der Waals surface area (Å²) in [6.45, 7) is 7.56. The van der Waals surface area contributed by atoms with Crippen LogP contribution >= 0.6 is 11.3 Å². The number of aryl methyl sites for hydroxylation is 1. The van der Waals surface area contributed by atoms with E-state index in [1.807, 2.05) is 47.3 Å². The van der Waals surface area contributed by atoms with Gasteiger partial charge in [0.05, 0.1) is 18.6 Å². The number of phenolic OH excluding ortho intramolecular Hbond substituents is 1. The fraction of sp³-hybridized carbons (Fsp3) is 0.333. The van der Waals surface area contributed by atoms with Crippen LogP contribution in [-0.2, 0) is 13.2 Å². The number of phenols is 1. The molecule has 34 heavy (non-hydrogen) atoms. The third kappa shape index (κ3) is 5.73. The summed E-state index contributed by atoms with van der Waals surface area (Å²) in [5.41, 5.74) is 4.05. The van der Waals surface area contributed by atoms with Gasteiger partial charge in [-0.1, -0.05) is 37.3 Å². The lowest BCUT2D eigenvalue weighted by Crippen LogP contribution is -2.25. The van der Waals surface area contributed by atoms with E-state index in [0.717, 1.165) is 55.1 Å². The van der Waals surface area contributed by atoms with Gasteiger partial charge in [-0.05, 0) is 74.4 Å². The normalized spacial score (nSPS) is 12.2. The fourth-order valence-electron chi connectivity index (χ4n) is 4.09. The number of hydrogen-bond donors (Lipinski definition) is 2. The Bertz CT molecular complexity index is 1260. The number of aromatic hydroxyl groups is 1. The monoisotopic (exact) mass is 475 g/mol. The molecular weight excluding hydrogens is 442 g/mol. The minimum atomic E-state index is 0.254. The summed E-state index contributed by atoms with van der Waals surface area (Å²) >= 11 is 1.82. The van der Waals surface area contributed by atoms with Crippen molar-refractivity contribution in [1.82, 2.24) is 20.0 Å². The van der Waals surface area contributed by atoms with Gasteiger partial charge in [-0.15, -0.1) is 11.3 Å². The Morgan fingerprint density at radius 1 is 1.18 bits per heavy atom. The number of hydrogen-bond acceptors (Lipinski definition) is 6. The van der Waals surface area contributed by atoms with E-state index in [-0.39, 0.29) is 5.75 Å². The number of fused-ring (bicyclic) bond motifs is 1. The highest BCUT2D eigenvalue weighted by Crippen LogP contribution is 2.26. The second-order valence-corrected chi connectivity index (χ2v) is 9.50. The second kappa shape index (κ2) is 11.4. The van der Waals surface area contributed by atoms with Crippen molar-refractivity contribution in [3.63, 3.8) is 0 Å². The van der Waals surface area contributed by atoms with Crippen LogP contribution in [0.1, 0.15) is 36.5 Å². The molecule has 4 aromatic rings. The third-order valence-electron chi connectivity index (χ3n) is 5.94. The van der Waals surface area contributed by atoms with Crippen LogP contribution in [0.5, 0.6) is 5.75 Å². The first-order valence-electron chi connectivity index (χ1n) is 11.8. The molecule has 0 aliphatic rings. The molecule has 2 aromatic carbocycles. The Balaban J connectivity index is 1.30. The van der Waals surface area contributed by atoms with Gasteiger partial charge in [0.1, 0.15) is 5.75 Å². The Morgan fingerprint density at radius 3 is 2.79 bits per heavy atom. The zero-order chi connectivity index (χ0) is 23.9. The maximum Gasteiger partial charge on any atom is 0.154 e. The first-order valence-corrected chi connectivity index (χ1v) is 12.7. The van der Waals surface area contributed by atoms with Crippen molar-refractivity contribution < 1.29 is 5.11 Å². The minimum Gasteiger partial charge on any atom is -0.507 e. The van der Waals surface area contributed by atoms with Crippen LogP contribution in [0.2, 0.25) is 0 Å². The number of aromatic nitrogens is 2. The Hall–Kier alpha value is -3.00. The summed E-state index contributed by atoms with van der Waals surface area (Å²) in [7, 11) is 2.18. The lowest BCUT2D eigenvalue weighted by Gasteiger charge is -2.16. The van der Waals surface area contributed by atoms with Crippen molar-refractivity contribution >= 4 is 33.0 Å². The zero-order valence-corrected chi connectivity index (χ0v) is 21.0. The predicted octanol–water partition coefficient (Wildman–Crippen LogP) is 5.71. The number of nitrogens with zero attached hydrogens (tertiary/aromatic N) is 4. The predicted molar refractivity (Wildman–Crippen MR) is 142 cm³/mol. The smallest absolute Gasteiger partial charge is 0.154 e. The Morgan fingerprint density at radius 2 is 1.97 bits per heavy atom. The molecule has 0 spiro atoms. The van der Waals surface area contributed by atoms with E-state index in [0.29, 0.717) is 6.67 Å². The molecule has 0 unspecified atom stereocenters. The molecular formula is C27H33N5OS. The molecule has 0 bridgehead atoms. The number of benzene rings is 2. The van der Waals surface area contributed by atoms with Gasteiger partial charge in [0.25, 0.3) is 0 Å². The van der Waals surface area contributed by atoms with Crippen LogP contribution in [-0.4, -0.2) is 45.6 Å². The molecule has 2 heterocycles. The van der Waals surface area contributed by atoms with Crippen LogP contribution < -0.4 is 5.32 Å². The first kappa shape index (κ1) is 24.1. The molecule has 0 atom stereocenters. The van der Waals surface area contributed by atoms with E-state index < -0.39 is 0 Å². The van der Waals surface area contributed by atoms with Gasteiger partial charge in [0.15, 0.2) is 5.82 Å². The summed E-state index contributed by atoms with van der Waals surface area (Å²) in [5, 5.41) is 21.9. The maximum atomic E-state index is 10.2. The summed E-state index contributed by atoms with van der Waals surface area (Å²) in [4.78, 5) is 7.25. The average molecular weight is 476 g/mol. The number of para-hydroxylation sites is 1. The van der Waals surface area contributed by atoms with Crippen molar-refractivity contribution in [2.45, 2.75) is 39.9 Å². The highest BCUT2D eigenvalue weighted by atomic mass is 32.1. The van der Waals surface area contributed by atoms with Gasteiger partial charge in [-0.25, -0.2) is 9.67 Å². The van der Waals surface area contributed by atoms with E-state index in [4.69, 9.17) is 4.99 Å². The van der Waals surface area contributed by atoms with Gasteiger partial charge in [0, 0.05) is 22.4 Å². The molecule has 0 aliphatic heterocycles. The largest absolute Gasteiger partial charge is 0.507 e. The summed E-state index contributed by atoms with van der Waals surface area (Å²) in [6.07, 6.45) is 3.62. The van der Waals surface area contributed by atoms with E-state index in [9.17, 15) is 5.11 Å². The number of nitrogens with one attached hydrogen (secondary N) is 1. The zero-order valence-electron chi connectivity index (χ0n) is 20.2. The van der Waals surface area contributed by atoms with Gasteiger partial charge in [-0.2, -0.15) is 5.10 Å². The van der Waals surface area contributed by atoms with E-state index in [2.05, 4.69) is 58.9 Å². The lowest BCUT2D eigenvalue weighted by molar-refractivity contribution is 0.318. The van der Waals surface area contributed by atoms with Crippen LogP contribution in [0.15, 0.2) is 65.1 Å². The first-order chi connectivity index (χ1) is 16.6. The Labute approximate surface area is 205 Å². The highest BCUT2D eigenvalue weighted by molar-refractivity contribution is 7.17. The molecule has 0 saturated heterocycles. The molecule has 2 N–H and O–H groups in total. The molecule has 6 nitrogen and oxygen atoms in total. The van der Waals surface area contributed by atoms with Crippen molar-refractivity contribution in [3.05, 3.63) is 76.8 Å². The van der Waals surface area contributed by atoms with Crippen molar-refractivity contribution in [2.75, 3.05) is 20.1 Å². The van der Waals surface area contributed by atoms with Gasteiger partial charge in [0.2, 0.25) is 0 Å². The number of thiophene rings is 1. The fourth-order valence-corrected chi connectivity index (χ4v) is 5.05.